The van der Waals surface area contributed by atoms with E-state index in [0.29, 0.717) is 13.0 Å². The predicted octanol–water partition coefficient (Wildman–Crippen LogP) is 5.90. The van der Waals surface area contributed by atoms with Crippen LogP contribution in [0, 0.1) is 11.8 Å². The summed E-state index contributed by atoms with van der Waals surface area (Å²) in [6, 6.07) is 0. The van der Waals surface area contributed by atoms with E-state index in [0.717, 1.165) is 58.0 Å². The van der Waals surface area contributed by atoms with Crippen molar-refractivity contribution in [2.75, 3.05) is 13.2 Å². The van der Waals surface area contributed by atoms with Crippen LogP contribution in [0.5, 0.6) is 0 Å². The van der Waals surface area contributed by atoms with Gasteiger partial charge in [0.25, 0.3) is 0 Å². The zero-order chi connectivity index (χ0) is 24.5. The van der Waals surface area contributed by atoms with Crippen molar-refractivity contribution in [3.05, 3.63) is 12.2 Å². The predicted molar refractivity (Wildman–Crippen MR) is 134 cm³/mol. The van der Waals surface area contributed by atoms with E-state index in [2.05, 4.69) is 46.0 Å². The quantitative estimate of drug-likeness (QED) is 0.192. The van der Waals surface area contributed by atoms with E-state index >= 15 is 0 Å². The number of hydrogen-bond acceptors (Lipinski definition) is 5. The molecule has 0 aromatic rings. The lowest BCUT2D eigenvalue weighted by Crippen LogP contribution is -2.44. The maximum atomic E-state index is 10.9. The minimum absolute atomic E-state index is 0.0395. The molecule has 0 bridgehead atoms. The van der Waals surface area contributed by atoms with E-state index < -0.39 is 20.4 Å². The first kappa shape index (κ1) is 28.5. The molecular weight excluding hydrogens is 436 g/mol. The van der Waals surface area contributed by atoms with Crippen molar-refractivity contribution in [2.24, 2.45) is 11.8 Å². The number of aliphatic hydroxyl groups excluding tert-OH is 1. The molecule has 6 nitrogen and oxygen atoms in total. The second-order valence-electron chi connectivity index (χ2n) is 11.4. The van der Waals surface area contributed by atoms with Gasteiger partial charge in [-0.05, 0) is 69.0 Å². The Kier molecular flexibility index (Phi) is 11.6. The summed E-state index contributed by atoms with van der Waals surface area (Å²) in [6.07, 6.45) is 12.2. The van der Waals surface area contributed by atoms with Crippen LogP contribution >= 0.6 is 0 Å². The minimum Gasteiger partial charge on any atom is -0.481 e. The Morgan fingerprint density at radius 2 is 1.88 bits per heavy atom. The summed E-state index contributed by atoms with van der Waals surface area (Å²) in [5.74, 6) is -0.450. The van der Waals surface area contributed by atoms with Crippen molar-refractivity contribution in [2.45, 2.75) is 122 Å². The summed E-state index contributed by atoms with van der Waals surface area (Å²) in [5.41, 5.74) is 0. The van der Waals surface area contributed by atoms with E-state index in [1.807, 2.05) is 0 Å². The number of aliphatic carboxylic acids is 1. The Morgan fingerprint density at radius 1 is 1.12 bits per heavy atom. The standard InChI is InChI=1S/C26H48O6Si/c1-26(2,3)33(4,5)31-19-21-20(14-10-8-6-7-9-11-15-24(28)29)22(27)18-23(21)32-25-16-12-13-17-30-25/h8,10,20-23,25,27H,6-7,9,11-19H2,1-5H3,(H,28,29)/t20?,21-,22?,23?,25?/m1/s1. The molecular formula is C26H48O6Si. The van der Waals surface area contributed by atoms with Crippen LogP contribution in [0.1, 0.15) is 85.0 Å². The molecule has 2 N–H and O–H groups in total. The van der Waals surface area contributed by atoms with Gasteiger partial charge in [-0.15, -0.1) is 0 Å². The van der Waals surface area contributed by atoms with Gasteiger partial charge in [0, 0.05) is 32.0 Å². The highest BCUT2D eigenvalue weighted by Crippen LogP contribution is 2.42. The summed E-state index contributed by atoms with van der Waals surface area (Å²) in [6.45, 7) is 12.7. The Balaban J connectivity index is 1.94. The number of ether oxygens (including phenoxy) is 2. The first-order chi connectivity index (χ1) is 15.5. The van der Waals surface area contributed by atoms with Gasteiger partial charge in [-0.25, -0.2) is 0 Å². The number of unbranched alkanes of at least 4 members (excludes halogenated alkanes) is 3. The molecule has 5 atom stereocenters. The Morgan fingerprint density at radius 3 is 2.52 bits per heavy atom. The Hall–Kier alpha value is -0.733. The fourth-order valence-corrected chi connectivity index (χ4v) is 5.53. The summed E-state index contributed by atoms with van der Waals surface area (Å²) < 4.78 is 18.8. The number of carboxylic acid groups (broad SMARTS) is 1. The number of allylic oxidation sites excluding steroid dienone is 2. The average Bonchev–Trinajstić information content (AvgIpc) is 3.02. The fraction of sp³-hybridized carbons (Fsp3) is 0.885. The average molecular weight is 485 g/mol. The zero-order valence-corrected chi connectivity index (χ0v) is 22.6. The van der Waals surface area contributed by atoms with Crippen molar-refractivity contribution >= 4 is 14.3 Å². The molecule has 0 radical (unpaired) electrons. The lowest BCUT2D eigenvalue weighted by molar-refractivity contribution is -0.197. The molecule has 1 heterocycles. The number of rotatable bonds is 13. The van der Waals surface area contributed by atoms with Crippen molar-refractivity contribution in [1.29, 1.82) is 0 Å². The van der Waals surface area contributed by atoms with Crippen LogP contribution in [0.3, 0.4) is 0 Å². The van der Waals surface area contributed by atoms with E-state index in [9.17, 15) is 9.90 Å². The van der Waals surface area contributed by atoms with Gasteiger partial charge >= 0.3 is 5.97 Å². The van der Waals surface area contributed by atoms with Crippen LogP contribution < -0.4 is 0 Å². The molecule has 192 valence electrons. The molecule has 0 aromatic heterocycles. The third-order valence-corrected chi connectivity index (χ3v) is 12.2. The van der Waals surface area contributed by atoms with Crippen LogP contribution in [-0.4, -0.2) is 56.2 Å². The third-order valence-electron chi connectivity index (χ3n) is 7.74. The fourth-order valence-electron chi connectivity index (χ4n) is 4.49. The normalized spacial score (nSPS) is 29.1. The second kappa shape index (κ2) is 13.4. The minimum atomic E-state index is -1.90. The molecule has 2 aliphatic rings. The van der Waals surface area contributed by atoms with Gasteiger partial charge in [-0.2, -0.15) is 0 Å². The molecule has 0 aromatic carbocycles. The Labute approximate surface area is 202 Å². The van der Waals surface area contributed by atoms with Crippen molar-refractivity contribution in [3.8, 4) is 0 Å². The maximum absolute atomic E-state index is 10.9. The SMILES string of the molecule is CC(C)(C)[Si](C)(C)OC[C@H]1C(OC2CCCCO2)CC(O)C1CC=CCCCCCC(=O)O. The lowest BCUT2D eigenvalue weighted by Gasteiger charge is -2.38. The van der Waals surface area contributed by atoms with Crippen molar-refractivity contribution < 1.29 is 28.9 Å². The largest absolute Gasteiger partial charge is 0.481 e. The molecule has 1 saturated heterocycles. The maximum Gasteiger partial charge on any atom is 0.303 e. The van der Waals surface area contributed by atoms with Crippen molar-refractivity contribution in [1.82, 2.24) is 0 Å². The summed E-state index contributed by atoms with van der Waals surface area (Å²) >= 11 is 0. The first-order valence-electron chi connectivity index (χ1n) is 13.0. The van der Waals surface area contributed by atoms with Crippen LogP contribution in [0.2, 0.25) is 18.1 Å². The number of hydrogen-bond donors (Lipinski definition) is 2. The molecule has 1 saturated carbocycles. The summed E-state index contributed by atoms with van der Waals surface area (Å²) in [4.78, 5) is 10.6. The highest BCUT2D eigenvalue weighted by Gasteiger charge is 2.46. The molecule has 33 heavy (non-hydrogen) atoms. The van der Waals surface area contributed by atoms with E-state index in [1.165, 1.54) is 0 Å². The number of carbonyl (C=O) groups is 1. The van der Waals surface area contributed by atoms with Crippen LogP contribution in [-0.2, 0) is 18.7 Å². The van der Waals surface area contributed by atoms with Crippen LogP contribution in [0.25, 0.3) is 0 Å². The molecule has 2 fully saturated rings. The van der Waals surface area contributed by atoms with E-state index in [4.69, 9.17) is 19.0 Å². The molecule has 1 aliphatic carbocycles. The summed E-state index contributed by atoms with van der Waals surface area (Å²) in [7, 11) is -1.90. The Bertz CT molecular complexity index is 608. The highest BCUT2D eigenvalue weighted by atomic mass is 28.4. The molecule has 0 spiro atoms. The van der Waals surface area contributed by atoms with Crippen LogP contribution in [0.4, 0.5) is 0 Å². The number of aliphatic hydroxyl groups is 1. The second-order valence-corrected chi connectivity index (χ2v) is 16.2. The monoisotopic (exact) mass is 484 g/mol. The van der Waals surface area contributed by atoms with Gasteiger partial charge in [0.15, 0.2) is 14.6 Å². The number of carboxylic acids is 1. The van der Waals surface area contributed by atoms with Crippen molar-refractivity contribution in [3.63, 3.8) is 0 Å². The highest BCUT2D eigenvalue weighted by molar-refractivity contribution is 6.74. The third kappa shape index (κ3) is 9.44. The topological polar surface area (TPSA) is 85.2 Å². The first-order valence-corrected chi connectivity index (χ1v) is 15.9. The van der Waals surface area contributed by atoms with Gasteiger partial charge in [-0.3, -0.25) is 4.79 Å². The van der Waals surface area contributed by atoms with Gasteiger partial charge in [0.05, 0.1) is 12.2 Å². The van der Waals surface area contributed by atoms with Gasteiger partial charge in [0.2, 0.25) is 0 Å². The smallest absolute Gasteiger partial charge is 0.303 e. The molecule has 4 unspecified atom stereocenters. The molecule has 2 rings (SSSR count). The van der Waals surface area contributed by atoms with E-state index in [1.54, 1.807) is 0 Å². The molecule has 7 heteroatoms. The summed E-state index contributed by atoms with van der Waals surface area (Å²) in [5, 5.41) is 19.8. The lowest BCUT2D eigenvalue weighted by atomic mass is 9.91. The van der Waals surface area contributed by atoms with Gasteiger partial charge in [-0.1, -0.05) is 39.3 Å². The zero-order valence-electron chi connectivity index (χ0n) is 21.6. The molecule has 1 aliphatic heterocycles. The van der Waals surface area contributed by atoms with Gasteiger partial charge < -0.3 is 24.1 Å². The van der Waals surface area contributed by atoms with Crippen LogP contribution in [0.15, 0.2) is 12.2 Å². The molecule has 0 amide bonds. The van der Waals surface area contributed by atoms with E-state index in [-0.39, 0.29) is 35.7 Å². The van der Waals surface area contributed by atoms with Gasteiger partial charge in [0.1, 0.15) is 0 Å².